The summed E-state index contributed by atoms with van der Waals surface area (Å²) < 4.78 is 28.9. The number of pyridine rings is 1. The second kappa shape index (κ2) is 18.2. The van der Waals surface area contributed by atoms with E-state index in [1.165, 1.54) is 24.4 Å². The van der Waals surface area contributed by atoms with Crippen LogP contribution in [0.3, 0.4) is 0 Å². The summed E-state index contributed by atoms with van der Waals surface area (Å²) in [5.74, 6) is -0.580. The average molecular weight is 507 g/mol. The molecule has 0 radical (unpaired) electrons. The van der Waals surface area contributed by atoms with Gasteiger partial charge in [0.25, 0.3) is 11.8 Å². The molecule has 0 bridgehead atoms. The third kappa shape index (κ3) is 12.6. The minimum Gasteiger partial charge on any atom is -0.491 e. The van der Waals surface area contributed by atoms with Crippen LogP contribution in [0.1, 0.15) is 50.5 Å². The molecule has 1 fully saturated rings. The molecular weight excluding hydrogens is 467 g/mol. The van der Waals surface area contributed by atoms with Crippen molar-refractivity contribution in [2.75, 3.05) is 38.7 Å². The highest BCUT2D eigenvalue weighted by Crippen LogP contribution is 2.20. The van der Waals surface area contributed by atoms with E-state index in [4.69, 9.17) is 19.9 Å². The van der Waals surface area contributed by atoms with Gasteiger partial charge >= 0.3 is 0 Å². The summed E-state index contributed by atoms with van der Waals surface area (Å²) in [5.41, 5.74) is 5.73. The van der Waals surface area contributed by atoms with E-state index in [1.54, 1.807) is 18.2 Å². The minimum absolute atomic E-state index is 0.111. The predicted octanol–water partition coefficient (Wildman–Crippen LogP) is 3.54. The van der Waals surface area contributed by atoms with Crippen molar-refractivity contribution in [2.45, 2.75) is 52.2 Å². The van der Waals surface area contributed by atoms with Gasteiger partial charge in [0.1, 0.15) is 30.0 Å². The van der Waals surface area contributed by atoms with E-state index in [9.17, 15) is 14.0 Å². The first-order chi connectivity index (χ1) is 17.4. The van der Waals surface area contributed by atoms with E-state index < -0.39 is 12.0 Å². The maximum Gasteiger partial charge on any atom is 0.267 e. The fourth-order valence-electron chi connectivity index (χ4n) is 3.09. The molecule has 2 aromatic rings. The lowest BCUT2D eigenvalue weighted by Gasteiger charge is -2.11. The van der Waals surface area contributed by atoms with Gasteiger partial charge in [-0.25, -0.2) is 4.39 Å². The number of rotatable bonds is 11. The van der Waals surface area contributed by atoms with E-state index in [0.29, 0.717) is 37.7 Å². The number of anilines is 1. The lowest BCUT2D eigenvalue weighted by atomic mass is 10.2. The molecule has 3 rings (SSSR count). The molecule has 0 spiro atoms. The summed E-state index contributed by atoms with van der Waals surface area (Å²) in [6.45, 7) is 8.58. The van der Waals surface area contributed by atoms with Crippen LogP contribution in [0.4, 0.5) is 10.1 Å². The zero-order chi connectivity index (χ0) is 26.8. The van der Waals surface area contributed by atoms with Gasteiger partial charge < -0.3 is 30.6 Å². The van der Waals surface area contributed by atoms with Crippen LogP contribution >= 0.6 is 0 Å². The number of benzene rings is 1. The molecule has 9 nitrogen and oxygen atoms in total. The summed E-state index contributed by atoms with van der Waals surface area (Å²) in [7, 11) is 1.91. The van der Waals surface area contributed by atoms with Gasteiger partial charge in [-0.2, -0.15) is 0 Å². The topological polar surface area (TPSA) is 125 Å². The van der Waals surface area contributed by atoms with Crippen molar-refractivity contribution in [2.24, 2.45) is 5.73 Å². The predicted molar refractivity (Wildman–Crippen MR) is 138 cm³/mol. The van der Waals surface area contributed by atoms with Gasteiger partial charge in [-0.3, -0.25) is 14.6 Å². The Morgan fingerprint density at radius 1 is 1.17 bits per heavy atom. The van der Waals surface area contributed by atoms with Crippen molar-refractivity contribution < 1.29 is 28.2 Å². The lowest BCUT2D eigenvalue weighted by Crippen LogP contribution is -2.28. The summed E-state index contributed by atoms with van der Waals surface area (Å²) in [6, 6.07) is 9.14. The van der Waals surface area contributed by atoms with Gasteiger partial charge in [0, 0.05) is 24.6 Å². The average Bonchev–Trinajstić information content (AvgIpc) is 3.32. The standard InChI is InChI=1S/C12H18FNO2.C12H15N3O3.C2H6/c1-14-6-3-7-15-8-9-16-12-5-2-4-11(13)10-12;1-7-2-3-10(18-7)12(17)15-8-4-5-14-9(6-8)11(13)16;1-2/h2,4-5,10,14H,3,6-9H2,1H3;4-7,10H,2-3H2,1H3,(H2,13,16)(H,14,15,17);1-2H3. The van der Waals surface area contributed by atoms with E-state index in [2.05, 4.69) is 15.6 Å². The van der Waals surface area contributed by atoms with Crippen molar-refractivity contribution in [1.29, 1.82) is 0 Å². The van der Waals surface area contributed by atoms with E-state index in [1.807, 2.05) is 27.8 Å². The molecule has 0 saturated carbocycles. The van der Waals surface area contributed by atoms with Crippen LogP contribution in [0.25, 0.3) is 0 Å². The molecule has 2 heterocycles. The molecule has 1 aromatic carbocycles. The fraction of sp³-hybridized carbons (Fsp3) is 0.500. The maximum absolute atomic E-state index is 12.8. The van der Waals surface area contributed by atoms with Crippen LogP contribution in [0.5, 0.6) is 5.75 Å². The number of nitrogens with two attached hydrogens (primary N) is 1. The minimum atomic E-state index is -0.628. The molecule has 200 valence electrons. The molecule has 1 aliphatic heterocycles. The second-order valence-corrected chi connectivity index (χ2v) is 7.67. The Balaban J connectivity index is 0.000000339. The molecular formula is C26H39FN4O5. The number of carbonyl (C=O) groups excluding carboxylic acids is 2. The molecule has 1 aromatic heterocycles. The largest absolute Gasteiger partial charge is 0.491 e. The first-order valence-electron chi connectivity index (χ1n) is 12.2. The Hall–Kier alpha value is -3.08. The van der Waals surface area contributed by atoms with E-state index >= 15 is 0 Å². The maximum atomic E-state index is 12.8. The third-order valence-corrected chi connectivity index (χ3v) is 4.81. The number of hydrogen-bond acceptors (Lipinski definition) is 7. The van der Waals surface area contributed by atoms with Gasteiger partial charge in [-0.05, 0) is 64.0 Å². The van der Waals surface area contributed by atoms with Crippen molar-refractivity contribution in [1.82, 2.24) is 10.3 Å². The molecule has 2 unspecified atom stereocenters. The smallest absolute Gasteiger partial charge is 0.267 e. The van der Waals surface area contributed by atoms with Crippen LogP contribution in [-0.4, -0.2) is 62.4 Å². The summed E-state index contributed by atoms with van der Waals surface area (Å²) >= 11 is 0. The van der Waals surface area contributed by atoms with Gasteiger partial charge in [-0.1, -0.05) is 19.9 Å². The molecule has 2 atom stereocenters. The number of carbonyl (C=O) groups is 2. The van der Waals surface area contributed by atoms with Gasteiger partial charge in [0.2, 0.25) is 0 Å². The molecule has 10 heteroatoms. The number of nitrogens with zero attached hydrogens (tertiary/aromatic N) is 1. The molecule has 36 heavy (non-hydrogen) atoms. The number of aromatic nitrogens is 1. The Morgan fingerprint density at radius 2 is 1.94 bits per heavy atom. The van der Waals surface area contributed by atoms with E-state index in [0.717, 1.165) is 19.4 Å². The number of amides is 2. The van der Waals surface area contributed by atoms with Gasteiger partial charge in [0.05, 0.1) is 12.7 Å². The highest BCUT2D eigenvalue weighted by Gasteiger charge is 2.28. The van der Waals surface area contributed by atoms with Crippen molar-refractivity contribution in [3.63, 3.8) is 0 Å². The number of ether oxygens (including phenoxy) is 3. The summed E-state index contributed by atoms with van der Waals surface area (Å²) in [6.07, 6.45) is 3.68. The van der Waals surface area contributed by atoms with Crippen LogP contribution < -0.4 is 21.1 Å². The van der Waals surface area contributed by atoms with Crippen molar-refractivity contribution in [3.8, 4) is 5.75 Å². The number of halogens is 1. The Kier molecular flexibility index (Phi) is 15.7. The second-order valence-electron chi connectivity index (χ2n) is 7.67. The highest BCUT2D eigenvalue weighted by atomic mass is 19.1. The number of nitrogens with one attached hydrogen (secondary N) is 2. The lowest BCUT2D eigenvalue weighted by molar-refractivity contribution is -0.126. The fourth-order valence-corrected chi connectivity index (χ4v) is 3.09. The highest BCUT2D eigenvalue weighted by molar-refractivity contribution is 5.96. The van der Waals surface area contributed by atoms with Gasteiger partial charge in [0.15, 0.2) is 0 Å². The van der Waals surface area contributed by atoms with Crippen molar-refractivity contribution >= 4 is 17.5 Å². The first-order valence-corrected chi connectivity index (χ1v) is 12.2. The van der Waals surface area contributed by atoms with Crippen LogP contribution in [-0.2, 0) is 14.3 Å². The number of primary amides is 1. The molecule has 1 saturated heterocycles. The quantitative estimate of drug-likeness (QED) is 0.398. The molecule has 2 amide bonds. The SMILES string of the molecule is CC.CC1CCC(C(=O)Nc2ccnc(C(N)=O)c2)O1.CNCCCOCCOc1cccc(F)c1. The van der Waals surface area contributed by atoms with E-state index in [-0.39, 0.29) is 23.5 Å². The Labute approximate surface area is 212 Å². The summed E-state index contributed by atoms with van der Waals surface area (Å²) in [5, 5.41) is 5.73. The van der Waals surface area contributed by atoms with Crippen LogP contribution in [0.2, 0.25) is 0 Å². The van der Waals surface area contributed by atoms with Crippen molar-refractivity contribution in [3.05, 3.63) is 54.1 Å². The third-order valence-electron chi connectivity index (χ3n) is 4.81. The zero-order valence-electron chi connectivity index (χ0n) is 21.6. The van der Waals surface area contributed by atoms with Gasteiger partial charge in [-0.15, -0.1) is 0 Å². The Morgan fingerprint density at radius 3 is 2.58 bits per heavy atom. The summed E-state index contributed by atoms with van der Waals surface area (Å²) in [4.78, 5) is 26.6. The number of hydrogen-bond donors (Lipinski definition) is 3. The zero-order valence-corrected chi connectivity index (χ0v) is 21.6. The molecule has 1 aliphatic rings. The van der Waals surface area contributed by atoms with Crippen LogP contribution in [0, 0.1) is 5.82 Å². The van der Waals surface area contributed by atoms with Crippen LogP contribution in [0.15, 0.2) is 42.6 Å². The normalized spacial score (nSPS) is 16.1. The first kappa shape index (κ1) is 31.0. The molecule has 4 N–H and O–H groups in total. The molecule has 0 aliphatic carbocycles. The Bertz CT molecular complexity index is 915. The monoisotopic (exact) mass is 506 g/mol.